The minimum absolute atomic E-state index is 0.341. The third kappa shape index (κ3) is 6.16. The Morgan fingerprint density at radius 3 is 2.60 bits per heavy atom. The number of unbranched alkanes of at least 4 members (excludes halogenated alkanes) is 1. The molecule has 20 heavy (non-hydrogen) atoms. The molecule has 1 aromatic carbocycles. The summed E-state index contributed by atoms with van der Waals surface area (Å²) in [6, 6.07) is 7.91. The van der Waals surface area contributed by atoms with Crippen molar-refractivity contribution in [1.82, 2.24) is 0 Å². The van der Waals surface area contributed by atoms with Gasteiger partial charge in [-0.25, -0.2) is 0 Å². The first-order valence-corrected chi connectivity index (χ1v) is 8.18. The summed E-state index contributed by atoms with van der Waals surface area (Å²) < 4.78 is 4.68. The molecule has 0 aliphatic heterocycles. The molecule has 5 heteroatoms. The molecule has 112 valence electrons. The lowest BCUT2D eigenvalue weighted by molar-refractivity contribution is -0.146. The fourth-order valence-corrected chi connectivity index (χ4v) is 2.91. The monoisotopic (exact) mass is 315 g/mol. The largest absolute Gasteiger partial charge is 0.468 e. The number of hydrogen-bond acceptors (Lipinski definition) is 4. The lowest BCUT2D eigenvalue weighted by Gasteiger charge is -2.20. The Morgan fingerprint density at radius 2 is 2.00 bits per heavy atom. The summed E-state index contributed by atoms with van der Waals surface area (Å²) in [5.41, 5.74) is 6.31. The van der Waals surface area contributed by atoms with Crippen molar-refractivity contribution < 1.29 is 9.53 Å². The van der Waals surface area contributed by atoms with E-state index in [9.17, 15) is 4.79 Å². The number of hydrogen-bond donors (Lipinski definition) is 1. The molecule has 1 unspecified atom stereocenters. The Labute approximate surface area is 130 Å². The standard InChI is InChI=1S/C15H22ClNO2S/c1-15(17,14(18)19-2)9-3-4-10-20-11-12-5-7-13(16)8-6-12/h5-8H,3-4,9-11,17H2,1-2H3. The molecule has 1 rings (SSSR count). The van der Waals surface area contributed by atoms with Crippen LogP contribution in [-0.4, -0.2) is 24.4 Å². The first-order valence-electron chi connectivity index (χ1n) is 6.65. The van der Waals surface area contributed by atoms with Gasteiger partial charge in [0, 0.05) is 10.8 Å². The summed E-state index contributed by atoms with van der Waals surface area (Å²) in [4.78, 5) is 11.4. The second-order valence-electron chi connectivity index (χ2n) is 5.05. The second kappa shape index (κ2) is 8.55. The van der Waals surface area contributed by atoms with Crippen molar-refractivity contribution in [2.75, 3.05) is 12.9 Å². The van der Waals surface area contributed by atoms with E-state index in [0.29, 0.717) is 6.42 Å². The van der Waals surface area contributed by atoms with E-state index < -0.39 is 5.54 Å². The Balaban J connectivity index is 2.13. The first-order chi connectivity index (χ1) is 9.45. The van der Waals surface area contributed by atoms with Crippen molar-refractivity contribution >= 4 is 29.3 Å². The molecule has 0 heterocycles. The SMILES string of the molecule is COC(=O)C(C)(N)CCCCSCc1ccc(Cl)cc1. The molecule has 2 N–H and O–H groups in total. The van der Waals surface area contributed by atoms with Crippen molar-refractivity contribution in [1.29, 1.82) is 0 Å². The molecule has 0 saturated heterocycles. The maximum Gasteiger partial charge on any atom is 0.325 e. The predicted octanol–water partition coefficient (Wildman–Crippen LogP) is 3.63. The molecular formula is C15H22ClNO2S. The van der Waals surface area contributed by atoms with Gasteiger partial charge in [0.15, 0.2) is 0 Å². The lowest BCUT2D eigenvalue weighted by Crippen LogP contribution is -2.45. The van der Waals surface area contributed by atoms with Crippen LogP contribution in [0.25, 0.3) is 0 Å². The molecule has 0 aliphatic carbocycles. The number of rotatable bonds is 8. The van der Waals surface area contributed by atoms with E-state index in [1.807, 2.05) is 36.0 Å². The molecular weight excluding hydrogens is 294 g/mol. The van der Waals surface area contributed by atoms with E-state index >= 15 is 0 Å². The zero-order chi connectivity index (χ0) is 15.0. The van der Waals surface area contributed by atoms with E-state index in [-0.39, 0.29) is 5.97 Å². The van der Waals surface area contributed by atoms with Crippen molar-refractivity contribution in [2.45, 2.75) is 37.5 Å². The van der Waals surface area contributed by atoms with Crippen molar-refractivity contribution in [3.8, 4) is 0 Å². The van der Waals surface area contributed by atoms with Gasteiger partial charge in [-0.15, -0.1) is 0 Å². The maximum absolute atomic E-state index is 11.4. The van der Waals surface area contributed by atoms with Gasteiger partial charge >= 0.3 is 5.97 Å². The van der Waals surface area contributed by atoms with Crippen LogP contribution in [-0.2, 0) is 15.3 Å². The molecule has 3 nitrogen and oxygen atoms in total. The Kier molecular flexibility index (Phi) is 7.41. The van der Waals surface area contributed by atoms with Gasteiger partial charge in [0.1, 0.15) is 5.54 Å². The van der Waals surface area contributed by atoms with Gasteiger partial charge in [-0.3, -0.25) is 4.79 Å². The lowest BCUT2D eigenvalue weighted by atomic mass is 9.97. The van der Waals surface area contributed by atoms with Gasteiger partial charge in [0.05, 0.1) is 7.11 Å². The minimum atomic E-state index is -0.865. The number of thioether (sulfide) groups is 1. The summed E-state index contributed by atoms with van der Waals surface area (Å²) in [6.07, 6.45) is 2.62. The summed E-state index contributed by atoms with van der Waals surface area (Å²) in [5.74, 6) is 1.69. The smallest absolute Gasteiger partial charge is 0.325 e. The van der Waals surface area contributed by atoms with E-state index in [1.165, 1.54) is 12.7 Å². The van der Waals surface area contributed by atoms with Gasteiger partial charge < -0.3 is 10.5 Å². The van der Waals surface area contributed by atoms with Crippen LogP contribution < -0.4 is 5.73 Å². The number of benzene rings is 1. The van der Waals surface area contributed by atoms with Gasteiger partial charge in [-0.2, -0.15) is 11.8 Å². The van der Waals surface area contributed by atoms with Crippen LogP contribution in [0.3, 0.4) is 0 Å². The third-order valence-electron chi connectivity index (χ3n) is 3.07. The zero-order valence-corrected chi connectivity index (χ0v) is 13.6. The summed E-state index contributed by atoms with van der Waals surface area (Å²) >= 11 is 7.71. The molecule has 1 aromatic rings. The van der Waals surface area contributed by atoms with Crippen LogP contribution in [0.2, 0.25) is 5.02 Å². The Morgan fingerprint density at radius 1 is 1.35 bits per heavy atom. The Bertz CT molecular complexity index is 420. The topological polar surface area (TPSA) is 52.3 Å². The third-order valence-corrected chi connectivity index (χ3v) is 4.44. The molecule has 0 aliphatic rings. The first kappa shape index (κ1) is 17.3. The average molecular weight is 316 g/mol. The van der Waals surface area contributed by atoms with E-state index in [2.05, 4.69) is 4.74 Å². The maximum atomic E-state index is 11.4. The van der Waals surface area contributed by atoms with Crippen LogP contribution >= 0.6 is 23.4 Å². The van der Waals surface area contributed by atoms with E-state index in [4.69, 9.17) is 17.3 Å². The van der Waals surface area contributed by atoms with Crippen molar-refractivity contribution in [3.63, 3.8) is 0 Å². The van der Waals surface area contributed by atoms with Crippen LogP contribution in [0.1, 0.15) is 31.7 Å². The second-order valence-corrected chi connectivity index (χ2v) is 6.59. The van der Waals surface area contributed by atoms with Gasteiger partial charge in [-0.05, 0) is 43.2 Å². The normalized spacial score (nSPS) is 13.8. The number of methoxy groups -OCH3 is 1. The summed E-state index contributed by atoms with van der Waals surface area (Å²) in [7, 11) is 1.37. The Hall–Kier alpha value is -0.710. The van der Waals surface area contributed by atoms with E-state index in [0.717, 1.165) is 29.4 Å². The van der Waals surface area contributed by atoms with Gasteiger partial charge in [0.2, 0.25) is 0 Å². The average Bonchev–Trinajstić information content (AvgIpc) is 2.43. The minimum Gasteiger partial charge on any atom is -0.468 e. The van der Waals surface area contributed by atoms with Crippen LogP contribution in [0.15, 0.2) is 24.3 Å². The van der Waals surface area contributed by atoms with Crippen LogP contribution in [0.4, 0.5) is 0 Å². The van der Waals surface area contributed by atoms with Gasteiger partial charge in [0.25, 0.3) is 0 Å². The number of esters is 1. The van der Waals surface area contributed by atoms with Gasteiger partial charge in [-0.1, -0.05) is 30.2 Å². The summed E-state index contributed by atoms with van der Waals surface area (Å²) in [5, 5.41) is 0.767. The molecule has 1 atom stereocenters. The fraction of sp³-hybridized carbons (Fsp3) is 0.533. The van der Waals surface area contributed by atoms with Crippen LogP contribution in [0, 0.1) is 0 Å². The quantitative estimate of drug-likeness (QED) is 0.588. The van der Waals surface area contributed by atoms with Crippen molar-refractivity contribution in [2.24, 2.45) is 5.73 Å². The highest BCUT2D eigenvalue weighted by atomic mass is 35.5. The zero-order valence-electron chi connectivity index (χ0n) is 12.0. The number of carbonyl (C=O) groups is 1. The molecule has 0 amide bonds. The fourth-order valence-electron chi connectivity index (χ4n) is 1.80. The number of nitrogens with two attached hydrogens (primary N) is 1. The van der Waals surface area contributed by atoms with E-state index in [1.54, 1.807) is 6.92 Å². The molecule has 0 spiro atoms. The van der Waals surface area contributed by atoms with Crippen molar-refractivity contribution in [3.05, 3.63) is 34.9 Å². The molecule has 0 fully saturated rings. The highest BCUT2D eigenvalue weighted by Gasteiger charge is 2.28. The number of halogens is 1. The summed E-state index contributed by atoms with van der Waals surface area (Å²) in [6.45, 7) is 1.72. The highest BCUT2D eigenvalue weighted by molar-refractivity contribution is 7.98. The van der Waals surface area contributed by atoms with Crippen LogP contribution in [0.5, 0.6) is 0 Å². The highest BCUT2D eigenvalue weighted by Crippen LogP contribution is 2.18. The molecule has 0 saturated carbocycles. The molecule has 0 aromatic heterocycles. The molecule has 0 radical (unpaired) electrons. The molecule has 0 bridgehead atoms. The number of ether oxygens (including phenoxy) is 1. The predicted molar refractivity (Wildman–Crippen MR) is 86.1 cm³/mol. The number of carbonyl (C=O) groups excluding carboxylic acids is 1.